The number of anilines is 1. The molecule has 140 valence electrons. The van der Waals surface area contributed by atoms with Gasteiger partial charge in [-0.1, -0.05) is 12.1 Å². The van der Waals surface area contributed by atoms with Crippen molar-refractivity contribution in [1.82, 2.24) is 13.9 Å². The summed E-state index contributed by atoms with van der Waals surface area (Å²) in [6.07, 6.45) is 4.60. The summed E-state index contributed by atoms with van der Waals surface area (Å²) in [7, 11) is -3.56. The quantitative estimate of drug-likeness (QED) is 0.773. The molecule has 8 heteroatoms. The van der Waals surface area contributed by atoms with Gasteiger partial charge in [-0.2, -0.15) is 4.31 Å². The van der Waals surface area contributed by atoms with Crippen LogP contribution in [0.4, 0.5) is 5.69 Å². The predicted octanol–water partition coefficient (Wildman–Crippen LogP) is 2.03. The average molecular weight is 376 g/mol. The van der Waals surface area contributed by atoms with Gasteiger partial charge in [0.2, 0.25) is 5.91 Å². The van der Waals surface area contributed by atoms with Gasteiger partial charge in [-0.15, -0.1) is 0 Å². The van der Waals surface area contributed by atoms with E-state index >= 15 is 0 Å². The Kier molecular flexibility index (Phi) is 5.43. The fraction of sp³-hybridized carbons (Fsp3) is 0.444. The van der Waals surface area contributed by atoms with Crippen LogP contribution in [0.15, 0.2) is 41.8 Å². The second kappa shape index (κ2) is 7.59. The van der Waals surface area contributed by atoms with Crippen molar-refractivity contribution in [1.29, 1.82) is 0 Å². The molecule has 2 heterocycles. The number of benzene rings is 1. The van der Waals surface area contributed by atoms with Gasteiger partial charge in [0.15, 0.2) is 5.03 Å². The first-order chi connectivity index (χ1) is 12.4. The lowest BCUT2D eigenvalue weighted by Gasteiger charge is -2.21. The minimum Gasteiger partial charge on any atom is -0.327 e. The van der Waals surface area contributed by atoms with Crippen molar-refractivity contribution in [3.8, 4) is 0 Å². The Morgan fingerprint density at radius 2 is 2.00 bits per heavy atom. The van der Waals surface area contributed by atoms with E-state index < -0.39 is 10.0 Å². The van der Waals surface area contributed by atoms with E-state index in [0.717, 1.165) is 24.1 Å². The van der Waals surface area contributed by atoms with Gasteiger partial charge in [0.1, 0.15) is 6.54 Å². The summed E-state index contributed by atoms with van der Waals surface area (Å²) in [4.78, 5) is 18.4. The summed E-state index contributed by atoms with van der Waals surface area (Å²) < 4.78 is 28.1. The standard InChI is InChI=1S/C18H24N4O3S/c1-3-22(16-8-6-7-15(2)11-16)18(23)13-20-12-17(19-14-20)26(24,25)21-9-4-5-10-21/h6-8,11-12,14H,3-5,9-10,13H2,1-2H3. The maximum absolute atomic E-state index is 12.7. The number of likely N-dealkylation sites (N-methyl/N-ethyl adjacent to an activating group) is 1. The molecule has 1 fully saturated rings. The third kappa shape index (κ3) is 3.81. The SMILES string of the molecule is CCN(C(=O)Cn1cnc(S(=O)(=O)N2CCCC2)c1)c1cccc(C)c1. The molecule has 26 heavy (non-hydrogen) atoms. The molecule has 0 bridgehead atoms. The summed E-state index contributed by atoms with van der Waals surface area (Å²) in [5.41, 5.74) is 1.91. The average Bonchev–Trinajstić information content (AvgIpc) is 3.28. The molecular weight excluding hydrogens is 352 g/mol. The zero-order chi connectivity index (χ0) is 18.7. The normalized spacial score (nSPS) is 15.3. The van der Waals surface area contributed by atoms with Crippen molar-refractivity contribution in [2.24, 2.45) is 0 Å². The second-order valence-electron chi connectivity index (χ2n) is 6.47. The minimum absolute atomic E-state index is 0.00537. The van der Waals surface area contributed by atoms with Crippen molar-refractivity contribution in [3.05, 3.63) is 42.4 Å². The molecule has 7 nitrogen and oxygen atoms in total. The van der Waals surface area contributed by atoms with Gasteiger partial charge in [-0.25, -0.2) is 13.4 Å². The molecule has 2 aromatic rings. The van der Waals surface area contributed by atoms with Crippen molar-refractivity contribution in [2.45, 2.75) is 38.3 Å². The highest BCUT2D eigenvalue weighted by Gasteiger charge is 2.29. The van der Waals surface area contributed by atoms with E-state index in [1.54, 1.807) is 4.90 Å². The number of sulfonamides is 1. The number of rotatable bonds is 6. The van der Waals surface area contributed by atoms with Crippen molar-refractivity contribution in [2.75, 3.05) is 24.5 Å². The zero-order valence-electron chi connectivity index (χ0n) is 15.1. The zero-order valence-corrected chi connectivity index (χ0v) is 15.9. The van der Waals surface area contributed by atoms with Crippen LogP contribution >= 0.6 is 0 Å². The number of amides is 1. The van der Waals surface area contributed by atoms with Crippen molar-refractivity contribution in [3.63, 3.8) is 0 Å². The highest BCUT2D eigenvalue weighted by Crippen LogP contribution is 2.20. The fourth-order valence-corrected chi connectivity index (χ4v) is 4.61. The molecule has 0 radical (unpaired) electrons. The first-order valence-corrected chi connectivity index (χ1v) is 10.2. The van der Waals surface area contributed by atoms with E-state index in [9.17, 15) is 13.2 Å². The lowest BCUT2D eigenvalue weighted by Crippen LogP contribution is -2.33. The third-order valence-electron chi connectivity index (χ3n) is 4.53. The van der Waals surface area contributed by atoms with Crippen LogP contribution in [0.3, 0.4) is 0 Å². The number of hydrogen-bond acceptors (Lipinski definition) is 4. The molecule has 1 saturated heterocycles. The predicted molar refractivity (Wildman–Crippen MR) is 99.4 cm³/mol. The number of carbonyl (C=O) groups is 1. The Balaban J connectivity index is 1.74. The molecule has 0 unspecified atom stereocenters. The Morgan fingerprint density at radius 3 is 2.65 bits per heavy atom. The number of carbonyl (C=O) groups excluding carboxylic acids is 1. The van der Waals surface area contributed by atoms with E-state index in [0.29, 0.717) is 19.6 Å². The summed E-state index contributed by atoms with van der Waals surface area (Å²) >= 11 is 0. The molecule has 3 rings (SSSR count). The second-order valence-corrected chi connectivity index (χ2v) is 8.36. The van der Waals surface area contributed by atoms with Crippen LogP contribution in [-0.2, 0) is 21.4 Å². The third-order valence-corrected chi connectivity index (χ3v) is 6.31. The van der Waals surface area contributed by atoms with Crippen molar-refractivity contribution >= 4 is 21.6 Å². The van der Waals surface area contributed by atoms with Crippen molar-refractivity contribution < 1.29 is 13.2 Å². The van der Waals surface area contributed by atoms with Crippen LogP contribution in [0.2, 0.25) is 0 Å². The summed E-state index contributed by atoms with van der Waals surface area (Å²) in [5.74, 6) is -0.111. The van der Waals surface area contributed by atoms with Gasteiger partial charge < -0.3 is 9.47 Å². The fourth-order valence-electron chi connectivity index (χ4n) is 3.16. The Bertz CT molecular complexity index is 885. The Labute approximate surface area is 154 Å². The largest absolute Gasteiger partial charge is 0.327 e. The van der Waals surface area contributed by atoms with Gasteiger partial charge in [-0.05, 0) is 44.4 Å². The van der Waals surface area contributed by atoms with Gasteiger partial charge in [0.05, 0.1) is 6.33 Å². The maximum Gasteiger partial charge on any atom is 0.262 e. The molecule has 0 saturated carbocycles. The number of imidazole rings is 1. The molecule has 1 aliphatic heterocycles. The van der Waals surface area contributed by atoms with Crippen LogP contribution in [-0.4, -0.2) is 47.8 Å². The summed E-state index contributed by atoms with van der Waals surface area (Å²) in [6.45, 7) is 5.54. The molecular formula is C18H24N4O3S. The maximum atomic E-state index is 12.7. The van der Waals surface area contributed by atoms with Gasteiger partial charge in [-0.3, -0.25) is 4.79 Å². The topological polar surface area (TPSA) is 75.5 Å². The molecule has 0 spiro atoms. The van der Waals surface area contributed by atoms with Crippen LogP contribution in [0.25, 0.3) is 0 Å². The first kappa shape index (κ1) is 18.6. The molecule has 1 amide bonds. The molecule has 0 N–H and O–H groups in total. The number of hydrogen-bond donors (Lipinski definition) is 0. The first-order valence-electron chi connectivity index (χ1n) is 8.81. The monoisotopic (exact) mass is 376 g/mol. The van der Waals surface area contributed by atoms with Gasteiger partial charge >= 0.3 is 0 Å². The van der Waals surface area contributed by atoms with E-state index in [1.165, 1.54) is 21.4 Å². The summed E-state index contributed by atoms with van der Waals surface area (Å²) in [6, 6.07) is 7.75. The number of nitrogens with zero attached hydrogens (tertiary/aromatic N) is 4. The molecule has 0 atom stereocenters. The van der Waals surface area contributed by atoms with E-state index in [4.69, 9.17) is 0 Å². The van der Waals surface area contributed by atoms with Crippen LogP contribution in [0.5, 0.6) is 0 Å². The molecule has 1 aliphatic rings. The van der Waals surface area contributed by atoms with E-state index in [-0.39, 0.29) is 17.5 Å². The highest BCUT2D eigenvalue weighted by molar-refractivity contribution is 7.89. The lowest BCUT2D eigenvalue weighted by molar-refractivity contribution is -0.119. The van der Waals surface area contributed by atoms with E-state index in [1.807, 2.05) is 38.1 Å². The number of aromatic nitrogens is 2. The Morgan fingerprint density at radius 1 is 1.27 bits per heavy atom. The lowest BCUT2D eigenvalue weighted by atomic mass is 10.2. The molecule has 1 aromatic heterocycles. The molecule has 1 aromatic carbocycles. The van der Waals surface area contributed by atoms with E-state index in [2.05, 4.69) is 4.98 Å². The van der Waals surface area contributed by atoms with Crippen LogP contribution in [0, 0.1) is 6.92 Å². The van der Waals surface area contributed by atoms with Gasteiger partial charge in [0.25, 0.3) is 10.0 Å². The molecule has 0 aliphatic carbocycles. The van der Waals surface area contributed by atoms with Crippen LogP contribution in [0.1, 0.15) is 25.3 Å². The summed E-state index contributed by atoms with van der Waals surface area (Å²) in [5, 5.41) is 0.00537. The Hall–Kier alpha value is -2.19. The number of aryl methyl sites for hydroxylation is 1. The highest BCUT2D eigenvalue weighted by atomic mass is 32.2. The smallest absolute Gasteiger partial charge is 0.262 e. The van der Waals surface area contributed by atoms with Gasteiger partial charge in [0, 0.05) is 31.5 Å². The minimum atomic E-state index is -3.56. The van der Waals surface area contributed by atoms with Crippen LogP contribution < -0.4 is 4.90 Å².